The van der Waals surface area contributed by atoms with Crippen molar-refractivity contribution in [1.82, 2.24) is 0 Å². The van der Waals surface area contributed by atoms with E-state index in [1.54, 1.807) is 0 Å². The van der Waals surface area contributed by atoms with Crippen LogP contribution < -0.4 is 0 Å². The van der Waals surface area contributed by atoms with Crippen LogP contribution in [0.4, 0.5) is 0 Å². The minimum atomic E-state index is -0.191. The Morgan fingerprint density at radius 2 is 1.25 bits per heavy atom. The molecule has 1 fully saturated rings. The first-order valence-corrected chi connectivity index (χ1v) is 5.63. The second kappa shape index (κ2) is 2.51. The molecule has 4 atom stereocenters. The Labute approximate surface area is 93.0 Å². The number of hydrogen-bond acceptors (Lipinski definition) is 2. The van der Waals surface area contributed by atoms with Crippen LogP contribution >= 0.6 is 0 Å². The molecule has 1 saturated carbocycles. The molecule has 2 heteroatoms. The summed E-state index contributed by atoms with van der Waals surface area (Å²) in [6.07, 6.45) is 3.87. The van der Waals surface area contributed by atoms with Gasteiger partial charge < -0.3 is 0 Å². The fourth-order valence-corrected chi connectivity index (χ4v) is 3.52. The number of hydrogen-bond donors (Lipinski definition) is 0. The maximum Gasteiger partial charge on any atom is 0.149 e. The summed E-state index contributed by atoms with van der Waals surface area (Å²) in [6, 6.07) is 7.91. The van der Waals surface area contributed by atoms with Crippen molar-refractivity contribution in [2.45, 2.75) is 11.8 Å². The molecule has 0 aromatic heterocycles. The van der Waals surface area contributed by atoms with E-state index in [-0.39, 0.29) is 35.2 Å². The van der Waals surface area contributed by atoms with Crippen LogP contribution in [0, 0.1) is 11.8 Å². The van der Waals surface area contributed by atoms with Gasteiger partial charge in [0.15, 0.2) is 0 Å². The lowest BCUT2D eigenvalue weighted by molar-refractivity contribution is -0.135. The summed E-state index contributed by atoms with van der Waals surface area (Å²) in [5, 5.41) is 0. The van der Waals surface area contributed by atoms with Crippen LogP contribution in [0.15, 0.2) is 36.4 Å². The predicted molar refractivity (Wildman–Crippen MR) is 58.1 cm³/mol. The van der Waals surface area contributed by atoms with Gasteiger partial charge in [-0.25, -0.2) is 0 Å². The van der Waals surface area contributed by atoms with E-state index in [9.17, 15) is 9.59 Å². The molecule has 0 heterocycles. The molecule has 1 aromatic carbocycles. The van der Waals surface area contributed by atoms with Crippen molar-refractivity contribution in [1.29, 1.82) is 0 Å². The fraction of sp³-hybridized carbons (Fsp3) is 0.286. The summed E-state index contributed by atoms with van der Waals surface area (Å²) >= 11 is 0. The summed E-state index contributed by atoms with van der Waals surface area (Å²) in [6.45, 7) is 0. The van der Waals surface area contributed by atoms with Crippen LogP contribution in [-0.4, -0.2) is 11.6 Å². The first-order chi connectivity index (χ1) is 7.79. The fourth-order valence-electron chi connectivity index (χ4n) is 3.52. The van der Waals surface area contributed by atoms with Gasteiger partial charge in [-0.1, -0.05) is 36.4 Å². The molecule has 3 aliphatic carbocycles. The Morgan fingerprint density at radius 3 is 1.75 bits per heavy atom. The highest BCUT2D eigenvalue weighted by Crippen LogP contribution is 2.54. The smallest absolute Gasteiger partial charge is 0.149 e. The number of Topliss-reactive ketones (excluding diaryl/α,β-unsaturated/α-hetero) is 2. The van der Waals surface area contributed by atoms with Gasteiger partial charge in [0, 0.05) is 0 Å². The molecule has 0 spiro atoms. The van der Waals surface area contributed by atoms with Crippen LogP contribution in [0.2, 0.25) is 0 Å². The van der Waals surface area contributed by atoms with Crippen LogP contribution in [0.5, 0.6) is 0 Å². The molecule has 0 unspecified atom stereocenters. The molecule has 16 heavy (non-hydrogen) atoms. The number of carbonyl (C=O) groups excluding carboxylic acids is 2. The first-order valence-electron chi connectivity index (χ1n) is 5.63. The average molecular weight is 210 g/mol. The van der Waals surface area contributed by atoms with E-state index in [0.717, 1.165) is 11.1 Å². The van der Waals surface area contributed by atoms with Gasteiger partial charge in [0.2, 0.25) is 0 Å². The van der Waals surface area contributed by atoms with Crippen LogP contribution in [0.25, 0.3) is 0 Å². The van der Waals surface area contributed by atoms with E-state index in [0.29, 0.717) is 0 Å². The van der Waals surface area contributed by atoms with Gasteiger partial charge in [-0.3, -0.25) is 9.59 Å². The van der Waals surface area contributed by atoms with E-state index in [1.165, 1.54) is 0 Å². The van der Waals surface area contributed by atoms with Gasteiger partial charge in [-0.05, 0) is 11.1 Å². The van der Waals surface area contributed by atoms with Crippen LogP contribution in [0.1, 0.15) is 23.0 Å². The van der Waals surface area contributed by atoms with Crippen molar-refractivity contribution in [2.75, 3.05) is 0 Å². The molecule has 2 nitrogen and oxygen atoms in total. The van der Waals surface area contributed by atoms with E-state index in [1.807, 2.05) is 36.4 Å². The second-order valence-electron chi connectivity index (χ2n) is 4.83. The van der Waals surface area contributed by atoms with Crippen LogP contribution in [0.3, 0.4) is 0 Å². The molecule has 4 rings (SSSR count). The SMILES string of the molecule is O=C1[C@H]2C=C[C@@H]1[C@@H]1C(=O)[C@H]2c2ccccc21. The Hall–Kier alpha value is -1.70. The third-order valence-electron chi connectivity index (χ3n) is 4.18. The molecule has 0 radical (unpaired) electrons. The zero-order valence-electron chi connectivity index (χ0n) is 8.59. The summed E-state index contributed by atoms with van der Waals surface area (Å²) in [5.74, 6) is -0.256. The quantitative estimate of drug-likeness (QED) is 0.612. The number of allylic oxidation sites excluding steroid dienone is 2. The molecule has 0 saturated heterocycles. The van der Waals surface area contributed by atoms with Crippen molar-refractivity contribution in [3.63, 3.8) is 0 Å². The summed E-state index contributed by atoms with van der Waals surface area (Å²) in [5.41, 5.74) is 2.17. The van der Waals surface area contributed by atoms with Gasteiger partial charge in [0.25, 0.3) is 0 Å². The monoisotopic (exact) mass is 210 g/mol. The molecule has 0 N–H and O–H groups in total. The predicted octanol–water partition coefficient (Wildman–Crippen LogP) is 1.82. The summed E-state index contributed by atoms with van der Waals surface area (Å²) < 4.78 is 0. The second-order valence-corrected chi connectivity index (χ2v) is 4.83. The number of fused-ring (bicyclic) bond motifs is 9. The summed E-state index contributed by atoms with van der Waals surface area (Å²) in [7, 11) is 0. The Bertz CT molecular complexity index is 511. The summed E-state index contributed by atoms with van der Waals surface area (Å²) in [4.78, 5) is 24.3. The molecule has 78 valence electrons. The lowest BCUT2D eigenvalue weighted by Gasteiger charge is -2.24. The zero-order chi connectivity index (χ0) is 10.9. The third-order valence-corrected chi connectivity index (χ3v) is 4.18. The van der Waals surface area contributed by atoms with Crippen molar-refractivity contribution in [2.24, 2.45) is 11.8 Å². The normalized spacial score (nSPS) is 38.0. The Kier molecular flexibility index (Phi) is 1.33. The van der Waals surface area contributed by atoms with Crippen molar-refractivity contribution >= 4 is 11.6 Å². The number of carbonyl (C=O) groups is 2. The molecule has 0 amide bonds. The van der Waals surface area contributed by atoms with Gasteiger partial charge in [0.05, 0.1) is 23.7 Å². The maximum absolute atomic E-state index is 12.3. The van der Waals surface area contributed by atoms with Gasteiger partial charge in [-0.15, -0.1) is 0 Å². The molecule has 3 aliphatic rings. The standard InChI is InChI=1S/C14H10O2/c15-13-9-5-6-10(13)12-8-4-2-1-3-7(8)11(9)14(12)16/h1-6,9-12H/t9-,10+,11-,12+. The minimum absolute atomic E-state index is 0.183. The molecule has 0 aliphatic heterocycles. The number of benzene rings is 1. The lowest BCUT2D eigenvalue weighted by atomic mass is 9.75. The van der Waals surface area contributed by atoms with Gasteiger partial charge in [-0.2, -0.15) is 0 Å². The molecular weight excluding hydrogens is 200 g/mol. The maximum atomic E-state index is 12.3. The zero-order valence-corrected chi connectivity index (χ0v) is 8.59. The lowest BCUT2D eigenvalue weighted by Crippen LogP contribution is -2.35. The van der Waals surface area contributed by atoms with E-state index < -0.39 is 0 Å². The van der Waals surface area contributed by atoms with Gasteiger partial charge >= 0.3 is 0 Å². The average Bonchev–Trinajstić information content (AvgIpc) is 2.67. The highest BCUT2D eigenvalue weighted by Gasteiger charge is 2.56. The van der Waals surface area contributed by atoms with Crippen molar-refractivity contribution in [3.8, 4) is 0 Å². The third kappa shape index (κ3) is 0.733. The Balaban J connectivity index is 2.04. The van der Waals surface area contributed by atoms with Crippen molar-refractivity contribution in [3.05, 3.63) is 47.5 Å². The van der Waals surface area contributed by atoms with E-state index >= 15 is 0 Å². The minimum Gasteiger partial charge on any atom is -0.298 e. The molecule has 4 bridgehead atoms. The van der Waals surface area contributed by atoms with Gasteiger partial charge in [0.1, 0.15) is 11.6 Å². The largest absolute Gasteiger partial charge is 0.298 e. The van der Waals surface area contributed by atoms with E-state index in [2.05, 4.69) is 0 Å². The first kappa shape index (κ1) is 8.45. The molecular formula is C14H10O2. The molecule has 1 aromatic rings. The highest BCUT2D eigenvalue weighted by atomic mass is 16.1. The van der Waals surface area contributed by atoms with Crippen molar-refractivity contribution < 1.29 is 9.59 Å². The number of ketones is 2. The number of rotatable bonds is 0. The van der Waals surface area contributed by atoms with Crippen LogP contribution in [-0.2, 0) is 9.59 Å². The van der Waals surface area contributed by atoms with E-state index in [4.69, 9.17) is 0 Å². The topological polar surface area (TPSA) is 34.1 Å². The highest BCUT2D eigenvalue weighted by molar-refractivity contribution is 6.11. The Morgan fingerprint density at radius 1 is 0.750 bits per heavy atom.